The van der Waals surface area contributed by atoms with Crippen LogP contribution >= 0.6 is 0 Å². The molecule has 0 aromatic heterocycles. The molecular formula is C8H14N2O2. The molecule has 1 atom stereocenters. The van der Waals surface area contributed by atoms with Crippen LogP contribution < -0.4 is 10.6 Å². The summed E-state index contributed by atoms with van der Waals surface area (Å²) in [5.41, 5.74) is 0. The molecule has 1 aliphatic heterocycles. The quantitative estimate of drug-likeness (QED) is 0.615. The Labute approximate surface area is 71.7 Å². The molecule has 0 aromatic carbocycles. The zero-order valence-electron chi connectivity index (χ0n) is 7.22. The minimum Gasteiger partial charge on any atom is -0.354 e. The number of hydrogen-bond donors (Lipinski definition) is 2. The third kappa shape index (κ3) is 2.53. The Kier molecular flexibility index (Phi) is 3.08. The summed E-state index contributed by atoms with van der Waals surface area (Å²) in [4.78, 5) is 21.6. The van der Waals surface area contributed by atoms with E-state index in [4.69, 9.17) is 0 Å². The SMILES string of the molecule is CCC(=O)NCC1CCC(=O)N1. The molecule has 2 amide bonds. The van der Waals surface area contributed by atoms with Gasteiger partial charge in [0, 0.05) is 25.4 Å². The van der Waals surface area contributed by atoms with E-state index in [0.29, 0.717) is 19.4 Å². The highest BCUT2D eigenvalue weighted by molar-refractivity contribution is 5.79. The molecule has 1 saturated heterocycles. The van der Waals surface area contributed by atoms with Gasteiger partial charge in [-0.1, -0.05) is 6.92 Å². The lowest BCUT2D eigenvalue weighted by atomic mass is 10.2. The molecule has 4 nitrogen and oxygen atoms in total. The van der Waals surface area contributed by atoms with E-state index in [2.05, 4.69) is 10.6 Å². The second-order valence-electron chi connectivity index (χ2n) is 2.96. The molecule has 4 heteroatoms. The largest absolute Gasteiger partial charge is 0.354 e. The predicted molar refractivity (Wildman–Crippen MR) is 44.5 cm³/mol. The summed E-state index contributed by atoms with van der Waals surface area (Å²) in [6.07, 6.45) is 1.93. The van der Waals surface area contributed by atoms with Gasteiger partial charge in [-0.15, -0.1) is 0 Å². The van der Waals surface area contributed by atoms with E-state index in [1.807, 2.05) is 6.92 Å². The maximum absolute atomic E-state index is 10.8. The second kappa shape index (κ2) is 4.09. The van der Waals surface area contributed by atoms with Gasteiger partial charge in [0.25, 0.3) is 0 Å². The smallest absolute Gasteiger partial charge is 0.220 e. The summed E-state index contributed by atoms with van der Waals surface area (Å²) in [5.74, 6) is 0.127. The first-order chi connectivity index (χ1) is 5.72. The molecule has 68 valence electrons. The predicted octanol–water partition coefficient (Wildman–Crippen LogP) is -0.209. The van der Waals surface area contributed by atoms with Crippen molar-refractivity contribution in [1.29, 1.82) is 0 Å². The van der Waals surface area contributed by atoms with Crippen LogP contribution in [-0.4, -0.2) is 24.4 Å². The molecule has 1 fully saturated rings. The Bertz CT molecular complexity index is 191. The van der Waals surface area contributed by atoms with E-state index in [1.165, 1.54) is 0 Å². The number of nitrogens with one attached hydrogen (secondary N) is 2. The zero-order chi connectivity index (χ0) is 8.97. The number of hydrogen-bond acceptors (Lipinski definition) is 2. The van der Waals surface area contributed by atoms with E-state index >= 15 is 0 Å². The monoisotopic (exact) mass is 170 g/mol. The van der Waals surface area contributed by atoms with Crippen molar-refractivity contribution in [3.8, 4) is 0 Å². The molecule has 1 heterocycles. The minimum absolute atomic E-state index is 0.0381. The highest BCUT2D eigenvalue weighted by Crippen LogP contribution is 2.04. The average molecular weight is 170 g/mol. The summed E-state index contributed by atoms with van der Waals surface area (Å²) in [6, 6.07) is 0.146. The van der Waals surface area contributed by atoms with Gasteiger partial charge in [0.05, 0.1) is 0 Å². The van der Waals surface area contributed by atoms with Crippen molar-refractivity contribution in [1.82, 2.24) is 10.6 Å². The molecular weight excluding hydrogens is 156 g/mol. The van der Waals surface area contributed by atoms with Gasteiger partial charge >= 0.3 is 0 Å². The van der Waals surface area contributed by atoms with E-state index < -0.39 is 0 Å². The van der Waals surface area contributed by atoms with Gasteiger partial charge in [-0.25, -0.2) is 0 Å². The Hall–Kier alpha value is -1.06. The van der Waals surface area contributed by atoms with Gasteiger partial charge in [0.2, 0.25) is 11.8 Å². The number of carbonyl (C=O) groups is 2. The van der Waals surface area contributed by atoms with Crippen LogP contribution in [0.4, 0.5) is 0 Å². The summed E-state index contributed by atoms with van der Waals surface area (Å²) in [7, 11) is 0. The maximum atomic E-state index is 10.8. The fourth-order valence-corrected chi connectivity index (χ4v) is 1.19. The topological polar surface area (TPSA) is 58.2 Å². The zero-order valence-corrected chi connectivity index (χ0v) is 7.22. The fourth-order valence-electron chi connectivity index (χ4n) is 1.19. The standard InChI is InChI=1S/C8H14N2O2/c1-2-7(11)9-5-6-3-4-8(12)10-6/h6H,2-5H2,1H3,(H,9,11)(H,10,12). The first-order valence-electron chi connectivity index (χ1n) is 4.28. The van der Waals surface area contributed by atoms with Gasteiger partial charge in [0.15, 0.2) is 0 Å². The van der Waals surface area contributed by atoms with Crippen LogP contribution in [0.5, 0.6) is 0 Å². The van der Waals surface area contributed by atoms with E-state index in [0.717, 1.165) is 6.42 Å². The van der Waals surface area contributed by atoms with Gasteiger partial charge in [0.1, 0.15) is 0 Å². The van der Waals surface area contributed by atoms with Gasteiger partial charge in [-0.05, 0) is 6.42 Å². The first-order valence-corrected chi connectivity index (χ1v) is 4.28. The van der Waals surface area contributed by atoms with Crippen molar-refractivity contribution < 1.29 is 9.59 Å². The fraction of sp³-hybridized carbons (Fsp3) is 0.750. The normalized spacial score (nSPS) is 22.1. The van der Waals surface area contributed by atoms with Crippen LogP contribution in [0.1, 0.15) is 26.2 Å². The molecule has 0 aromatic rings. The van der Waals surface area contributed by atoms with Crippen LogP contribution in [0.15, 0.2) is 0 Å². The summed E-state index contributed by atoms with van der Waals surface area (Å²) < 4.78 is 0. The summed E-state index contributed by atoms with van der Waals surface area (Å²) >= 11 is 0. The molecule has 1 rings (SSSR count). The van der Waals surface area contributed by atoms with E-state index in [1.54, 1.807) is 0 Å². The van der Waals surface area contributed by atoms with Crippen molar-refractivity contribution in [3.05, 3.63) is 0 Å². The van der Waals surface area contributed by atoms with Crippen LogP contribution in [0, 0.1) is 0 Å². The molecule has 12 heavy (non-hydrogen) atoms. The molecule has 2 N–H and O–H groups in total. The summed E-state index contributed by atoms with van der Waals surface area (Å²) in [5, 5.41) is 5.52. The van der Waals surface area contributed by atoms with Gasteiger partial charge in [-0.3, -0.25) is 9.59 Å². The number of amides is 2. The molecule has 0 saturated carbocycles. The number of carbonyl (C=O) groups excluding carboxylic acids is 2. The van der Waals surface area contributed by atoms with Crippen molar-refractivity contribution in [3.63, 3.8) is 0 Å². The Morgan fingerprint density at radius 1 is 1.75 bits per heavy atom. The molecule has 0 radical (unpaired) electrons. The number of rotatable bonds is 3. The van der Waals surface area contributed by atoms with Crippen molar-refractivity contribution in [2.75, 3.05) is 6.54 Å². The second-order valence-corrected chi connectivity index (χ2v) is 2.96. The lowest BCUT2D eigenvalue weighted by Crippen LogP contribution is -2.38. The molecule has 0 spiro atoms. The lowest BCUT2D eigenvalue weighted by molar-refractivity contribution is -0.121. The van der Waals surface area contributed by atoms with Crippen LogP contribution in [0.2, 0.25) is 0 Å². The van der Waals surface area contributed by atoms with Gasteiger partial charge in [-0.2, -0.15) is 0 Å². The summed E-state index contributed by atoms with van der Waals surface area (Å²) in [6.45, 7) is 2.38. The first kappa shape index (κ1) is 9.03. The van der Waals surface area contributed by atoms with Crippen LogP contribution in [0.3, 0.4) is 0 Å². The molecule has 1 aliphatic rings. The Balaban J connectivity index is 2.16. The molecule has 0 bridgehead atoms. The lowest BCUT2D eigenvalue weighted by Gasteiger charge is -2.09. The highest BCUT2D eigenvalue weighted by Gasteiger charge is 2.20. The van der Waals surface area contributed by atoms with Crippen LogP contribution in [0.25, 0.3) is 0 Å². The van der Waals surface area contributed by atoms with Crippen molar-refractivity contribution in [2.24, 2.45) is 0 Å². The maximum Gasteiger partial charge on any atom is 0.220 e. The van der Waals surface area contributed by atoms with Crippen molar-refractivity contribution in [2.45, 2.75) is 32.2 Å². The highest BCUT2D eigenvalue weighted by atomic mass is 16.2. The Morgan fingerprint density at radius 3 is 3.00 bits per heavy atom. The van der Waals surface area contributed by atoms with E-state index in [-0.39, 0.29) is 17.9 Å². The Morgan fingerprint density at radius 2 is 2.50 bits per heavy atom. The molecule has 1 unspecified atom stereocenters. The van der Waals surface area contributed by atoms with Gasteiger partial charge < -0.3 is 10.6 Å². The van der Waals surface area contributed by atoms with Crippen LogP contribution in [-0.2, 0) is 9.59 Å². The van der Waals surface area contributed by atoms with E-state index in [9.17, 15) is 9.59 Å². The molecule has 0 aliphatic carbocycles. The third-order valence-electron chi connectivity index (χ3n) is 1.95. The third-order valence-corrected chi connectivity index (χ3v) is 1.95. The van der Waals surface area contributed by atoms with Crippen molar-refractivity contribution >= 4 is 11.8 Å². The minimum atomic E-state index is 0.0381. The average Bonchev–Trinajstić information content (AvgIpc) is 2.47.